The van der Waals surface area contributed by atoms with E-state index in [9.17, 15) is 8.78 Å². The molecule has 0 aliphatic rings. The molecule has 0 atom stereocenters. The van der Waals surface area contributed by atoms with Gasteiger partial charge in [-0.25, -0.2) is 4.98 Å². The Labute approximate surface area is 83.9 Å². The molecule has 0 aromatic carbocycles. The van der Waals surface area contributed by atoms with Crippen molar-refractivity contribution in [2.45, 2.75) is 13.0 Å². The van der Waals surface area contributed by atoms with E-state index in [1.54, 1.807) is 0 Å². The first-order valence-corrected chi connectivity index (χ1v) is 3.98. The molecule has 0 fully saturated rings. The first-order valence-electron chi connectivity index (χ1n) is 3.60. The maximum absolute atomic E-state index is 11.8. The van der Waals surface area contributed by atoms with Crippen LogP contribution in [0.5, 0.6) is 5.88 Å². The van der Waals surface area contributed by atoms with E-state index in [-0.39, 0.29) is 17.5 Å². The molecular formula is C8H5ClF2N2O. The minimum Gasteiger partial charge on any atom is -0.417 e. The second-order valence-corrected chi connectivity index (χ2v) is 2.74. The molecule has 3 nitrogen and oxygen atoms in total. The fraction of sp³-hybridized carbons (Fsp3) is 0.250. The summed E-state index contributed by atoms with van der Waals surface area (Å²) in [5.41, 5.74) is 0.489. The quantitative estimate of drug-likeness (QED) is 0.732. The van der Waals surface area contributed by atoms with E-state index in [2.05, 4.69) is 9.72 Å². The lowest BCUT2D eigenvalue weighted by Crippen LogP contribution is -2.04. The topological polar surface area (TPSA) is 45.9 Å². The second-order valence-electron chi connectivity index (χ2n) is 2.35. The zero-order valence-electron chi connectivity index (χ0n) is 6.88. The molecule has 1 heterocycles. The van der Waals surface area contributed by atoms with Crippen LogP contribution in [0, 0.1) is 11.3 Å². The number of halogens is 3. The summed E-state index contributed by atoms with van der Waals surface area (Å²) in [6.45, 7) is -2.95. The highest BCUT2D eigenvalue weighted by atomic mass is 35.5. The number of aromatic nitrogens is 1. The zero-order chi connectivity index (χ0) is 10.6. The first kappa shape index (κ1) is 10.7. The summed E-state index contributed by atoms with van der Waals surface area (Å²) in [5, 5.41) is 8.40. The van der Waals surface area contributed by atoms with Crippen LogP contribution in [-0.2, 0) is 6.42 Å². The second kappa shape index (κ2) is 4.72. The Balaban J connectivity index is 2.90. The predicted octanol–water partition coefficient (Wildman–Crippen LogP) is 2.40. The van der Waals surface area contributed by atoms with Gasteiger partial charge < -0.3 is 4.74 Å². The molecule has 1 aromatic heterocycles. The van der Waals surface area contributed by atoms with Crippen LogP contribution in [0.2, 0.25) is 5.15 Å². The summed E-state index contributed by atoms with van der Waals surface area (Å²) >= 11 is 5.52. The Bertz CT molecular complexity index is 365. The van der Waals surface area contributed by atoms with Gasteiger partial charge in [0.15, 0.2) is 0 Å². The highest BCUT2D eigenvalue weighted by Gasteiger charge is 2.07. The minimum absolute atomic E-state index is 0.0217. The van der Waals surface area contributed by atoms with Gasteiger partial charge in [-0.1, -0.05) is 11.6 Å². The SMILES string of the molecule is N#CCc1cc(Cl)nc(OC(F)F)c1. The average molecular weight is 219 g/mol. The van der Waals surface area contributed by atoms with Gasteiger partial charge in [0.2, 0.25) is 5.88 Å². The minimum atomic E-state index is -2.95. The lowest BCUT2D eigenvalue weighted by molar-refractivity contribution is -0.0528. The summed E-state index contributed by atoms with van der Waals surface area (Å²) in [7, 11) is 0. The van der Waals surface area contributed by atoms with Gasteiger partial charge in [0.25, 0.3) is 0 Å². The maximum Gasteiger partial charge on any atom is 0.388 e. The third-order valence-electron chi connectivity index (χ3n) is 1.32. The molecular weight excluding hydrogens is 214 g/mol. The number of alkyl halides is 2. The standard InChI is InChI=1S/C8H5ClF2N2O/c9-6-3-5(1-2-12)4-7(13-6)14-8(10)11/h3-4,8H,1H2. The lowest BCUT2D eigenvalue weighted by atomic mass is 10.2. The first-order chi connectivity index (χ1) is 6.61. The van der Waals surface area contributed by atoms with Gasteiger partial charge in [0, 0.05) is 6.07 Å². The van der Waals surface area contributed by atoms with E-state index in [1.807, 2.05) is 6.07 Å². The molecule has 6 heteroatoms. The van der Waals surface area contributed by atoms with Crippen LogP contribution in [-0.4, -0.2) is 11.6 Å². The maximum atomic E-state index is 11.8. The molecule has 0 bridgehead atoms. The Morgan fingerprint density at radius 1 is 1.57 bits per heavy atom. The summed E-state index contributed by atoms with van der Waals surface area (Å²) < 4.78 is 27.6. The van der Waals surface area contributed by atoms with Gasteiger partial charge in [-0.05, 0) is 11.6 Å². The molecule has 1 aromatic rings. The lowest BCUT2D eigenvalue weighted by Gasteiger charge is -2.04. The van der Waals surface area contributed by atoms with Crippen molar-refractivity contribution < 1.29 is 13.5 Å². The number of nitriles is 1. The Morgan fingerprint density at radius 3 is 2.86 bits per heavy atom. The predicted molar refractivity (Wildman–Crippen MR) is 45.2 cm³/mol. The molecule has 74 valence electrons. The van der Waals surface area contributed by atoms with Crippen LogP contribution >= 0.6 is 11.6 Å². The van der Waals surface area contributed by atoms with Crippen LogP contribution in [0.4, 0.5) is 8.78 Å². The molecule has 1 rings (SSSR count). The van der Waals surface area contributed by atoms with Crippen molar-refractivity contribution in [1.29, 1.82) is 5.26 Å². The molecule has 0 N–H and O–H groups in total. The van der Waals surface area contributed by atoms with Crippen LogP contribution in [0.15, 0.2) is 12.1 Å². The molecule has 0 saturated heterocycles. The number of nitrogens with zero attached hydrogens (tertiary/aromatic N) is 2. The van der Waals surface area contributed by atoms with Gasteiger partial charge >= 0.3 is 6.61 Å². The Kier molecular flexibility index (Phi) is 3.60. The van der Waals surface area contributed by atoms with Crippen LogP contribution < -0.4 is 4.74 Å². The van der Waals surface area contributed by atoms with Gasteiger partial charge in [0.05, 0.1) is 12.5 Å². The van der Waals surface area contributed by atoms with Crippen molar-refractivity contribution in [2.24, 2.45) is 0 Å². The van der Waals surface area contributed by atoms with Crippen molar-refractivity contribution in [3.05, 3.63) is 22.8 Å². The highest BCUT2D eigenvalue weighted by Crippen LogP contribution is 2.18. The van der Waals surface area contributed by atoms with Crippen LogP contribution in [0.25, 0.3) is 0 Å². The summed E-state index contributed by atoms with van der Waals surface area (Å²) in [4.78, 5) is 3.51. The van der Waals surface area contributed by atoms with E-state index in [0.717, 1.165) is 0 Å². The fourth-order valence-corrected chi connectivity index (χ4v) is 1.09. The summed E-state index contributed by atoms with van der Waals surface area (Å²) in [6.07, 6.45) is 0.0713. The van der Waals surface area contributed by atoms with E-state index in [4.69, 9.17) is 16.9 Å². The van der Waals surface area contributed by atoms with Gasteiger partial charge in [0.1, 0.15) is 5.15 Å². The molecule has 0 aliphatic heterocycles. The molecule has 0 spiro atoms. The van der Waals surface area contributed by atoms with E-state index in [1.165, 1.54) is 12.1 Å². The van der Waals surface area contributed by atoms with Crippen molar-refractivity contribution in [1.82, 2.24) is 4.98 Å². The molecule has 0 radical (unpaired) electrons. The van der Waals surface area contributed by atoms with Crippen molar-refractivity contribution in [3.8, 4) is 11.9 Å². The number of rotatable bonds is 3. The zero-order valence-corrected chi connectivity index (χ0v) is 7.63. The largest absolute Gasteiger partial charge is 0.417 e. The van der Waals surface area contributed by atoms with Gasteiger partial charge in [-0.2, -0.15) is 14.0 Å². The molecule has 0 amide bonds. The third-order valence-corrected chi connectivity index (χ3v) is 1.52. The number of hydrogen-bond acceptors (Lipinski definition) is 3. The molecule has 0 unspecified atom stereocenters. The van der Waals surface area contributed by atoms with E-state index in [0.29, 0.717) is 5.56 Å². The van der Waals surface area contributed by atoms with Crippen molar-refractivity contribution >= 4 is 11.6 Å². The Morgan fingerprint density at radius 2 is 2.29 bits per heavy atom. The van der Waals surface area contributed by atoms with Gasteiger partial charge in [-0.15, -0.1) is 0 Å². The number of pyridine rings is 1. The summed E-state index contributed by atoms with van der Waals surface area (Å²) in [6, 6.07) is 4.53. The van der Waals surface area contributed by atoms with Gasteiger partial charge in [-0.3, -0.25) is 0 Å². The van der Waals surface area contributed by atoms with E-state index >= 15 is 0 Å². The number of ether oxygens (including phenoxy) is 1. The number of hydrogen-bond donors (Lipinski definition) is 0. The molecule has 0 saturated carbocycles. The fourth-order valence-electron chi connectivity index (χ4n) is 0.868. The third kappa shape index (κ3) is 3.15. The van der Waals surface area contributed by atoms with Crippen molar-refractivity contribution in [2.75, 3.05) is 0 Å². The van der Waals surface area contributed by atoms with Crippen LogP contribution in [0.1, 0.15) is 5.56 Å². The molecule has 0 aliphatic carbocycles. The molecule has 14 heavy (non-hydrogen) atoms. The van der Waals surface area contributed by atoms with Crippen molar-refractivity contribution in [3.63, 3.8) is 0 Å². The van der Waals surface area contributed by atoms with E-state index < -0.39 is 6.61 Å². The Hall–Kier alpha value is -1.41. The van der Waals surface area contributed by atoms with Crippen LogP contribution in [0.3, 0.4) is 0 Å². The average Bonchev–Trinajstić information content (AvgIpc) is 2.01. The highest BCUT2D eigenvalue weighted by molar-refractivity contribution is 6.29. The summed E-state index contributed by atoms with van der Waals surface area (Å²) in [5.74, 6) is -0.280. The monoisotopic (exact) mass is 218 g/mol. The normalized spacial score (nSPS) is 9.93. The smallest absolute Gasteiger partial charge is 0.388 e.